The Labute approximate surface area is 212 Å². The average molecular weight is 506 g/mol. The van der Waals surface area contributed by atoms with Gasteiger partial charge in [-0.15, -0.1) is 0 Å². The van der Waals surface area contributed by atoms with E-state index in [1.165, 1.54) is 11.6 Å². The van der Waals surface area contributed by atoms with Gasteiger partial charge in [-0.1, -0.05) is 23.8 Å². The molecule has 0 saturated heterocycles. The lowest BCUT2D eigenvalue weighted by Crippen LogP contribution is -2.19. The molecule has 2 aliphatic rings. The number of halogens is 3. The normalized spacial score (nSPS) is 20.3. The number of carboxylic acid groups (broad SMARTS) is 1. The Balaban J connectivity index is 1.34. The lowest BCUT2D eigenvalue weighted by atomic mass is 9.75. The molecule has 0 atom stereocenters. The van der Waals surface area contributed by atoms with Gasteiger partial charge in [0, 0.05) is 12.0 Å². The van der Waals surface area contributed by atoms with Crippen LogP contribution in [-0.2, 0) is 11.0 Å². The molecule has 0 radical (unpaired) electrons. The topological polar surface area (TPSA) is 89.8 Å². The molecule has 0 amide bonds. The molecule has 5 rings (SSSR count). The maximum absolute atomic E-state index is 13.1. The number of carboxylic acids is 1. The molecule has 5 nitrogen and oxygen atoms in total. The lowest BCUT2D eigenvalue weighted by Gasteiger charge is -2.30. The summed E-state index contributed by atoms with van der Waals surface area (Å²) >= 11 is 0. The number of aromatic nitrogens is 2. The van der Waals surface area contributed by atoms with Crippen molar-refractivity contribution in [3.8, 4) is 17.5 Å². The lowest BCUT2D eigenvalue weighted by molar-refractivity contribution is -0.139. The number of nitrogens with one attached hydrogen (secondary N) is 1. The first kappa shape index (κ1) is 24.8. The molecule has 0 unspecified atom stereocenters. The van der Waals surface area contributed by atoms with Crippen molar-refractivity contribution in [2.24, 2.45) is 11.8 Å². The summed E-state index contributed by atoms with van der Waals surface area (Å²) in [6, 6.07) is 11.1. The molecule has 1 saturated carbocycles. The van der Waals surface area contributed by atoms with Gasteiger partial charge in [0.2, 0.25) is 0 Å². The smallest absolute Gasteiger partial charge is 0.416 e. The van der Waals surface area contributed by atoms with Gasteiger partial charge in [-0.05, 0) is 91.8 Å². The first-order chi connectivity index (χ1) is 17.7. The highest BCUT2D eigenvalue weighted by Gasteiger charge is 2.31. The van der Waals surface area contributed by atoms with E-state index in [1.54, 1.807) is 6.07 Å². The Morgan fingerprint density at radius 1 is 1.08 bits per heavy atom. The number of aromatic amines is 1. The van der Waals surface area contributed by atoms with Gasteiger partial charge < -0.3 is 10.1 Å². The maximum Gasteiger partial charge on any atom is 0.416 e. The molecular formula is C29H26F3N3O2. The summed E-state index contributed by atoms with van der Waals surface area (Å²) in [6.45, 7) is 0. The number of alkyl halides is 3. The summed E-state index contributed by atoms with van der Waals surface area (Å²) in [5.74, 6) is 0.429. The fraction of sp³-hybridized carbons (Fsp3) is 0.345. The highest BCUT2D eigenvalue weighted by atomic mass is 19.4. The third-order valence-corrected chi connectivity index (χ3v) is 7.59. The second kappa shape index (κ2) is 9.89. The zero-order chi connectivity index (χ0) is 26.2. The Hall–Kier alpha value is -3.86. The number of benzene rings is 2. The van der Waals surface area contributed by atoms with Crippen molar-refractivity contribution in [3.63, 3.8) is 0 Å². The third kappa shape index (κ3) is 5.31. The fourth-order valence-electron chi connectivity index (χ4n) is 5.57. The van der Waals surface area contributed by atoms with Gasteiger partial charge >= 0.3 is 12.1 Å². The number of nitrogens with zero attached hydrogens (tertiary/aromatic N) is 2. The van der Waals surface area contributed by atoms with Crippen LogP contribution in [-0.4, -0.2) is 21.0 Å². The first-order valence-electron chi connectivity index (χ1n) is 12.4. The predicted molar refractivity (Wildman–Crippen MR) is 134 cm³/mol. The van der Waals surface area contributed by atoms with Gasteiger partial charge in [-0.25, -0.2) is 4.98 Å². The van der Waals surface area contributed by atoms with Crippen LogP contribution in [0.2, 0.25) is 0 Å². The van der Waals surface area contributed by atoms with Crippen molar-refractivity contribution in [1.29, 1.82) is 5.26 Å². The predicted octanol–water partition coefficient (Wildman–Crippen LogP) is 7.51. The summed E-state index contributed by atoms with van der Waals surface area (Å²) in [5.41, 5.74) is 4.35. The van der Waals surface area contributed by atoms with Gasteiger partial charge in [0.1, 0.15) is 5.82 Å². The number of H-pyrrole nitrogens is 1. The van der Waals surface area contributed by atoms with E-state index in [0.717, 1.165) is 61.8 Å². The highest BCUT2D eigenvalue weighted by molar-refractivity contribution is 5.82. The molecule has 190 valence electrons. The Morgan fingerprint density at radius 3 is 2.51 bits per heavy atom. The van der Waals surface area contributed by atoms with Crippen molar-refractivity contribution in [1.82, 2.24) is 9.97 Å². The summed E-state index contributed by atoms with van der Waals surface area (Å²) in [7, 11) is 0. The Kier molecular flexibility index (Phi) is 6.63. The summed E-state index contributed by atoms with van der Waals surface area (Å²) < 4.78 is 39.2. The van der Waals surface area contributed by atoms with E-state index in [4.69, 9.17) is 5.11 Å². The van der Waals surface area contributed by atoms with E-state index < -0.39 is 17.7 Å². The maximum atomic E-state index is 13.1. The van der Waals surface area contributed by atoms with Crippen LogP contribution >= 0.6 is 0 Å². The van der Waals surface area contributed by atoms with E-state index >= 15 is 0 Å². The number of allylic oxidation sites excluding steroid dienone is 4. The van der Waals surface area contributed by atoms with Gasteiger partial charge in [0.05, 0.1) is 28.2 Å². The molecule has 1 aromatic heterocycles. The average Bonchev–Trinajstić information content (AvgIpc) is 3.31. The van der Waals surface area contributed by atoms with Crippen LogP contribution in [0.4, 0.5) is 13.2 Å². The Bertz CT molecular complexity index is 1450. The largest absolute Gasteiger partial charge is 0.481 e. The number of carbonyl (C=O) groups is 1. The monoisotopic (exact) mass is 505 g/mol. The van der Waals surface area contributed by atoms with Crippen LogP contribution in [0.1, 0.15) is 61.6 Å². The fourth-order valence-corrected chi connectivity index (χ4v) is 5.57. The van der Waals surface area contributed by atoms with E-state index in [1.807, 2.05) is 12.1 Å². The van der Waals surface area contributed by atoms with Crippen LogP contribution in [0.5, 0.6) is 0 Å². The zero-order valence-electron chi connectivity index (χ0n) is 20.1. The van der Waals surface area contributed by atoms with Crippen molar-refractivity contribution in [2.75, 3.05) is 0 Å². The van der Waals surface area contributed by atoms with Crippen LogP contribution in [0, 0.1) is 23.2 Å². The first-order valence-corrected chi connectivity index (χ1v) is 12.4. The molecule has 0 aliphatic heterocycles. The number of rotatable bonds is 5. The molecular weight excluding hydrogens is 479 g/mol. The molecule has 37 heavy (non-hydrogen) atoms. The number of hydrogen-bond donors (Lipinski definition) is 2. The number of imidazole rings is 1. The summed E-state index contributed by atoms with van der Waals surface area (Å²) in [6.07, 6.45) is 5.87. The van der Waals surface area contributed by atoms with Gasteiger partial charge in [-0.3, -0.25) is 4.79 Å². The Morgan fingerprint density at radius 2 is 1.86 bits per heavy atom. The van der Waals surface area contributed by atoms with E-state index in [9.17, 15) is 23.2 Å². The summed E-state index contributed by atoms with van der Waals surface area (Å²) in [4.78, 5) is 18.3. The van der Waals surface area contributed by atoms with Crippen LogP contribution in [0.3, 0.4) is 0 Å². The SMILES string of the molecule is N#Cc1cc(C2=CC=C(C3CCC(CC(=O)O)CC3)CC2)ccc1-c1nc2ccc(C(F)(F)F)cc2[nH]1. The second-order valence-corrected chi connectivity index (χ2v) is 9.94. The van der Waals surface area contributed by atoms with Gasteiger partial charge in [0.15, 0.2) is 0 Å². The second-order valence-electron chi connectivity index (χ2n) is 9.94. The molecule has 2 aromatic carbocycles. The molecule has 2 aliphatic carbocycles. The number of aliphatic carboxylic acids is 1. The van der Waals surface area contributed by atoms with Crippen molar-refractivity contribution < 1.29 is 23.1 Å². The number of nitriles is 1. The van der Waals surface area contributed by atoms with Gasteiger partial charge in [-0.2, -0.15) is 18.4 Å². The van der Waals surface area contributed by atoms with Gasteiger partial charge in [0.25, 0.3) is 0 Å². The quantitative estimate of drug-likeness (QED) is 0.376. The summed E-state index contributed by atoms with van der Waals surface area (Å²) in [5, 5.41) is 18.8. The van der Waals surface area contributed by atoms with Crippen LogP contribution in [0.15, 0.2) is 54.1 Å². The van der Waals surface area contributed by atoms with E-state index in [2.05, 4.69) is 28.2 Å². The van der Waals surface area contributed by atoms with Crippen molar-refractivity contribution in [3.05, 3.63) is 70.8 Å². The van der Waals surface area contributed by atoms with Crippen molar-refractivity contribution >= 4 is 22.6 Å². The minimum absolute atomic E-state index is 0.260. The van der Waals surface area contributed by atoms with Crippen molar-refractivity contribution in [2.45, 2.75) is 51.1 Å². The molecule has 1 heterocycles. The molecule has 8 heteroatoms. The molecule has 0 spiro atoms. The minimum Gasteiger partial charge on any atom is -0.481 e. The molecule has 3 aromatic rings. The molecule has 2 N–H and O–H groups in total. The van der Waals surface area contributed by atoms with Crippen LogP contribution < -0.4 is 0 Å². The molecule has 1 fully saturated rings. The van der Waals surface area contributed by atoms with E-state index in [0.29, 0.717) is 28.4 Å². The molecule has 0 bridgehead atoms. The number of hydrogen-bond acceptors (Lipinski definition) is 3. The zero-order valence-corrected chi connectivity index (χ0v) is 20.1. The minimum atomic E-state index is -4.44. The standard InChI is InChI=1S/C29H26F3N3O2/c30-29(31,32)23-10-12-25-26(15-23)35-28(34-25)24-11-9-21(14-22(24)16-33)20-7-5-19(6-8-20)18-3-1-17(2-4-18)13-27(36)37/h5,7,9-12,14-15,17-18H,1-4,6,8,13H2,(H,34,35)(H,36,37). The highest BCUT2D eigenvalue weighted by Crippen LogP contribution is 2.40. The van der Waals surface area contributed by atoms with E-state index in [-0.39, 0.29) is 17.9 Å². The third-order valence-electron chi connectivity index (χ3n) is 7.59. The number of fused-ring (bicyclic) bond motifs is 1. The van der Waals surface area contributed by atoms with Crippen LogP contribution in [0.25, 0.3) is 28.0 Å².